The van der Waals surface area contributed by atoms with Crippen molar-refractivity contribution in [2.24, 2.45) is 5.41 Å². The van der Waals surface area contributed by atoms with Gasteiger partial charge in [-0.05, 0) is 25.3 Å². The van der Waals surface area contributed by atoms with Crippen molar-refractivity contribution < 1.29 is 22.7 Å². The Bertz CT molecular complexity index is 1000. The third-order valence-corrected chi connectivity index (χ3v) is 7.06. The normalized spacial score (nSPS) is 22.9. The first-order valence-electron chi connectivity index (χ1n) is 11.6. The fourth-order valence-electron chi connectivity index (χ4n) is 5.36. The van der Waals surface area contributed by atoms with Gasteiger partial charge in [0.05, 0.1) is 5.56 Å². The number of nitrogens with zero attached hydrogens (tertiary/aromatic N) is 5. The highest BCUT2D eigenvalue weighted by molar-refractivity contribution is 5.68. The molecular formula is C24H28F3N5O2. The van der Waals surface area contributed by atoms with Gasteiger partial charge in [-0.1, -0.05) is 30.3 Å². The van der Waals surface area contributed by atoms with Crippen LogP contribution in [0.15, 0.2) is 42.7 Å². The molecule has 1 spiro atoms. The molecule has 2 saturated heterocycles. The minimum Gasteiger partial charge on any atom is -0.446 e. The van der Waals surface area contributed by atoms with Crippen molar-refractivity contribution in [2.75, 3.05) is 37.6 Å². The quantitative estimate of drug-likeness (QED) is 0.670. The zero-order valence-corrected chi connectivity index (χ0v) is 19.0. The molecule has 1 aromatic heterocycles. The van der Waals surface area contributed by atoms with E-state index in [1.54, 1.807) is 4.90 Å². The fraction of sp³-hybridized carbons (Fsp3) is 0.542. The van der Waals surface area contributed by atoms with Crippen molar-refractivity contribution in [1.29, 1.82) is 0 Å². The first kappa shape index (κ1) is 22.9. The van der Waals surface area contributed by atoms with E-state index in [4.69, 9.17) is 4.74 Å². The smallest absolute Gasteiger partial charge is 0.419 e. The van der Waals surface area contributed by atoms with Gasteiger partial charge in [0, 0.05) is 63.1 Å². The summed E-state index contributed by atoms with van der Waals surface area (Å²) in [6.45, 7) is 6.19. The van der Waals surface area contributed by atoms with E-state index in [0.29, 0.717) is 19.6 Å². The largest absolute Gasteiger partial charge is 0.446 e. The van der Waals surface area contributed by atoms with Crippen LogP contribution >= 0.6 is 0 Å². The van der Waals surface area contributed by atoms with Gasteiger partial charge in [-0.3, -0.25) is 4.90 Å². The number of aromatic nitrogens is 2. The Morgan fingerprint density at radius 3 is 2.41 bits per heavy atom. The van der Waals surface area contributed by atoms with Gasteiger partial charge in [0.2, 0.25) is 5.95 Å². The standard InChI is InChI=1S/C24H28F3N5O2/c1-17-13-31(7-8-32(17)21-28-11-19(12-29-21)24(25,26)27)22(33)34-20-9-23(10-20)15-30(16-23)14-18-5-3-2-4-6-18/h2-6,11-12,17,20H,7-10,13-16H2,1H3/t17-/m0/s1. The van der Waals surface area contributed by atoms with Crippen LogP contribution in [0.25, 0.3) is 0 Å². The second kappa shape index (κ2) is 8.72. The summed E-state index contributed by atoms with van der Waals surface area (Å²) in [7, 11) is 0. The number of rotatable bonds is 4. The Morgan fingerprint density at radius 2 is 1.79 bits per heavy atom. The van der Waals surface area contributed by atoms with Crippen LogP contribution in [0.4, 0.5) is 23.9 Å². The predicted molar refractivity (Wildman–Crippen MR) is 119 cm³/mol. The summed E-state index contributed by atoms with van der Waals surface area (Å²) in [4.78, 5) is 26.4. The highest BCUT2D eigenvalue weighted by Crippen LogP contribution is 2.50. The number of ether oxygens (including phenoxy) is 1. The lowest BCUT2D eigenvalue weighted by molar-refractivity contribution is -0.138. The fourth-order valence-corrected chi connectivity index (χ4v) is 5.36. The van der Waals surface area contributed by atoms with Crippen molar-refractivity contribution >= 4 is 12.0 Å². The Hall–Kier alpha value is -2.88. The van der Waals surface area contributed by atoms with Crippen molar-refractivity contribution in [1.82, 2.24) is 19.8 Å². The Balaban J connectivity index is 1.06. The first-order chi connectivity index (χ1) is 16.2. The molecule has 3 aliphatic rings. The molecular weight excluding hydrogens is 447 g/mol. The summed E-state index contributed by atoms with van der Waals surface area (Å²) < 4.78 is 44.0. The minimum atomic E-state index is -4.47. The molecule has 0 unspecified atom stereocenters. The van der Waals surface area contributed by atoms with E-state index in [1.807, 2.05) is 17.9 Å². The molecule has 0 bridgehead atoms. The number of amides is 1. The molecule has 3 fully saturated rings. The third-order valence-electron chi connectivity index (χ3n) is 7.06. The molecule has 0 radical (unpaired) electrons. The van der Waals surface area contributed by atoms with Crippen LogP contribution < -0.4 is 4.90 Å². The van der Waals surface area contributed by atoms with E-state index in [0.717, 1.165) is 44.9 Å². The van der Waals surface area contributed by atoms with Gasteiger partial charge in [-0.25, -0.2) is 14.8 Å². The summed E-state index contributed by atoms with van der Waals surface area (Å²) in [6.07, 6.45) is -1.43. The molecule has 1 amide bonds. The number of anilines is 1. The number of likely N-dealkylation sites (tertiary alicyclic amines) is 1. The lowest BCUT2D eigenvalue weighted by Gasteiger charge is -2.58. The van der Waals surface area contributed by atoms with Gasteiger partial charge in [0.1, 0.15) is 6.10 Å². The highest BCUT2D eigenvalue weighted by Gasteiger charge is 2.53. The Labute approximate surface area is 196 Å². The highest BCUT2D eigenvalue weighted by atomic mass is 19.4. The molecule has 2 aliphatic heterocycles. The third kappa shape index (κ3) is 4.68. The summed E-state index contributed by atoms with van der Waals surface area (Å²) in [5.41, 5.74) is 0.722. The second-order valence-electron chi connectivity index (χ2n) is 9.80. The summed E-state index contributed by atoms with van der Waals surface area (Å²) in [5.74, 6) is 0.236. The zero-order chi connectivity index (χ0) is 23.9. The van der Waals surface area contributed by atoms with Crippen LogP contribution in [0.3, 0.4) is 0 Å². The van der Waals surface area contributed by atoms with Crippen LogP contribution in [-0.2, 0) is 17.5 Å². The van der Waals surface area contributed by atoms with E-state index in [9.17, 15) is 18.0 Å². The lowest BCUT2D eigenvalue weighted by Crippen LogP contribution is -2.64. The maximum Gasteiger partial charge on any atom is 0.419 e. The van der Waals surface area contributed by atoms with Gasteiger partial charge in [0.25, 0.3) is 0 Å². The van der Waals surface area contributed by atoms with E-state index in [1.165, 1.54) is 5.56 Å². The molecule has 1 saturated carbocycles. The molecule has 0 N–H and O–H groups in total. The average molecular weight is 476 g/mol. The topological polar surface area (TPSA) is 61.8 Å². The van der Waals surface area contributed by atoms with Crippen LogP contribution in [0.5, 0.6) is 0 Å². The molecule has 5 rings (SSSR count). The Kier molecular flexibility index (Phi) is 5.87. The van der Waals surface area contributed by atoms with Gasteiger partial charge >= 0.3 is 12.3 Å². The SMILES string of the molecule is C[C@H]1CN(C(=O)OC2CC3(C2)CN(Cc2ccccc2)C3)CCN1c1ncc(C(F)(F)F)cn1. The van der Waals surface area contributed by atoms with Crippen molar-refractivity contribution in [2.45, 2.75) is 44.6 Å². The number of hydrogen-bond acceptors (Lipinski definition) is 6. The summed E-state index contributed by atoms with van der Waals surface area (Å²) in [6, 6.07) is 10.3. The number of benzene rings is 1. The van der Waals surface area contributed by atoms with Crippen molar-refractivity contribution in [3.63, 3.8) is 0 Å². The second-order valence-corrected chi connectivity index (χ2v) is 9.80. The van der Waals surface area contributed by atoms with E-state index in [2.05, 4.69) is 39.1 Å². The van der Waals surface area contributed by atoms with Gasteiger partial charge < -0.3 is 14.5 Å². The molecule has 1 aliphatic carbocycles. The predicted octanol–water partition coefficient (Wildman–Crippen LogP) is 3.81. The first-order valence-corrected chi connectivity index (χ1v) is 11.6. The number of alkyl halides is 3. The summed E-state index contributed by atoms with van der Waals surface area (Å²) >= 11 is 0. The zero-order valence-electron chi connectivity index (χ0n) is 19.0. The minimum absolute atomic E-state index is 0.0436. The van der Waals surface area contributed by atoms with Gasteiger partial charge in [0.15, 0.2) is 0 Å². The molecule has 34 heavy (non-hydrogen) atoms. The van der Waals surface area contributed by atoms with Crippen molar-refractivity contribution in [3.05, 3.63) is 53.9 Å². The van der Waals surface area contributed by atoms with E-state index in [-0.39, 0.29) is 29.6 Å². The maximum absolute atomic E-state index is 12.7. The lowest BCUT2D eigenvalue weighted by atomic mass is 9.61. The summed E-state index contributed by atoms with van der Waals surface area (Å²) in [5, 5.41) is 0. The molecule has 3 heterocycles. The molecule has 10 heteroatoms. The number of carbonyl (C=O) groups is 1. The molecule has 1 aromatic carbocycles. The van der Waals surface area contributed by atoms with Crippen molar-refractivity contribution in [3.8, 4) is 0 Å². The molecule has 182 valence electrons. The Morgan fingerprint density at radius 1 is 1.12 bits per heavy atom. The van der Waals surface area contributed by atoms with Gasteiger partial charge in [-0.2, -0.15) is 13.2 Å². The number of piperazine rings is 1. The number of hydrogen-bond donors (Lipinski definition) is 0. The van der Waals surface area contributed by atoms with Crippen LogP contribution in [0, 0.1) is 5.41 Å². The average Bonchev–Trinajstić information content (AvgIpc) is 2.76. The van der Waals surface area contributed by atoms with Crippen LogP contribution in [0.2, 0.25) is 0 Å². The monoisotopic (exact) mass is 475 g/mol. The van der Waals surface area contributed by atoms with Gasteiger partial charge in [-0.15, -0.1) is 0 Å². The number of carbonyl (C=O) groups excluding carboxylic acids is 1. The number of halogens is 3. The maximum atomic E-state index is 12.7. The molecule has 2 aromatic rings. The molecule has 7 nitrogen and oxygen atoms in total. The van der Waals surface area contributed by atoms with E-state index >= 15 is 0 Å². The molecule has 1 atom stereocenters. The van der Waals surface area contributed by atoms with Crippen LogP contribution in [-0.4, -0.2) is 70.7 Å². The van der Waals surface area contributed by atoms with E-state index < -0.39 is 11.7 Å². The van der Waals surface area contributed by atoms with Crippen LogP contribution in [0.1, 0.15) is 30.9 Å².